The quantitative estimate of drug-likeness (QED) is 0.256. The first-order valence-electron chi connectivity index (χ1n) is 14.7. The molecule has 5 rings (SSSR count). The second kappa shape index (κ2) is 12.9. The molecule has 0 N–H and O–H groups in total. The summed E-state index contributed by atoms with van der Waals surface area (Å²) < 4.78 is 49.9. The Morgan fingerprint density at radius 3 is 2.00 bits per heavy atom. The molecular weight excluding hydrogens is 505 g/mol. The van der Waals surface area contributed by atoms with E-state index in [1.807, 2.05) is 31.2 Å². The van der Waals surface area contributed by atoms with Gasteiger partial charge in [-0.25, -0.2) is 8.78 Å². The molecule has 2 aliphatic carbocycles. The molecule has 3 aromatic rings. The van der Waals surface area contributed by atoms with Crippen molar-refractivity contribution in [2.24, 2.45) is 17.8 Å². The van der Waals surface area contributed by atoms with Crippen molar-refractivity contribution in [3.8, 4) is 28.0 Å². The highest BCUT2D eigenvalue weighted by molar-refractivity contribution is 5.71. The molecule has 40 heavy (non-hydrogen) atoms. The molecule has 3 aromatic carbocycles. The summed E-state index contributed by atoms with van der Waals surface area (Å²) in [7, 11) is 0. The third kappa shape index (κ3) is 6.22. The van der Waals surface area contributed by atoms with Gasteiger partial charge < -0.3 is 4.74 Å². The maximum atomic E-state index is 15.3. The highest BCUT2D eigenvalue weighted by Crippen LogP contribution is 2.44. The molecule has 2 aliphatic rings. The van der Waals surface area contributed by atoms with E-state index < -0.39 is 11.6 Å². The number of hydrogen-bond donors (Lipinski definition) is 0. The zero-order chi connectivity index (χ0) is 28.1. The third-order valence-corrected chi connectivity index (χ3v) is 9.18. The van der Waals surface area contributed by atoms with Gasteiger partial charge in [-0.05, 0) is 122 Å². The van der Waals surface area contributed by atoms with Gasteiger partial charge in [-0.2, -0.15) is 4.39 Å². The summed E-state index contributed by atoms with van der Waals surface area (Å²) in [5.41, 5.74) is 3.14. The van der Waals surface area contributed by atoms with Gasteiger partial charge in [0.2, 0.25) is 5.82 Å². The highest BCUT2D eigenvalue weighted by Gasteiger charge is 2.31. The zero-order valence-corrected chi connectivity index (χ0v) is 23.4. The summed E-state index contributed by atoms with van der Waals surface area (Å²) in [6.45, 7) is 5.97. The van der Waals surface area contributed by atoms with Crippen LogP contribution >= 0.6 is 0 Å². The Kier molecular flexibility index (Phi) is 9.14. The summed E-state index contributed by atoms with van der Waals surface area (Å²) in [4.78, 5) is 0. The van der Waals surface area contributed by atoms with Crippen LogP contribution in [0.4, 0.5) is 13.2 Å². The zero-order valence-electron chi connectivity index (χ0n) is 23.4. The number of hydrogen-bond acceptors (Lipinski definition) is 1. The first-order chi connectivity index (χ1) is 19.5. The first kappa shape index (κ1) is 28.3. The van der Waals surface area contributed by atoms with E-state index in [9.17, 15) is 8.78 Å². The van der Waals surface area contributed by atoms with Crippen molar-refractivity contribution in [2.45, 2.75) is 64.2 Å². The standard InChI is InChI=1S/C36H39F3O/c1-3-5-22-40-34-21-20-32(35(38)36(34)39)29-16-12-27(13-17-29)30-18-19-31(33(37)23-30)28-14-10-26(11-15-28)25-8-6-24(4-2)7-9-25/h3-5,12-13,16-21,23-26,28H,2,6-11,14-15,22H2,1H3/b5-3+. The van der Waals surface area contributed by atoms with Crippen LogP contribution in [0.1, 0.15) is 69.8 Å². The van der Waals surface area contributed by atoms with Gasteiger partial charge in [0.1, 0.15) is 12.4 Å². The normalized spacial score (nSPS) is 23.3. The van der Waals surface area contributed by atoms with Crippen LogP contribution in [0.2, 0.25) is 0 Å². The number of halogens is 3. The lowest BCUT2D eigenvalue weighted by Gasteiger charge is -2.37. The highest BCUT2D eigenvalue weighted by atomic mass is 19.2. The van der Waals surface area contributed by atoms with Gasteiger partial charge in [-0.3, -0.25) is 0 Å². The number of rotatable bonds is 8. The minimum Gasteiger partial charge on any atom is -0.486 e. The van der Waals surface area contributed by atoms with Gasteiger partial charge in [0.15, 0.2) is 11.6 Å². The average molecular weight is 545 g/mol. The van der Waals surface area contributed by atoms with Crippen molar-refractivity contribution in [1.82, 2.24) is 0 Å². The van der Waals surface area contributed by atoms with Crippen LogP contribution in [-0.2, 0) is 0 Å². The molecule has 2 saturated carbocycles. The Labute approximate surface area is 236 Å². The molecule has 0 radical (unpaired) electrons. The fourth-order valence-electron chi connectivity index (χ4n) is 6.73. The monoisotopic (exact) mass is 544 g/mol. The van der Waals surface area contributed by atoms with Gasteiger partial charge in [0.25, 0.3) is 0 Å². The lowest BCUT2D eigenvalue weighted by atomic mass is 9.68. The Morgan fingerprint density at radius 2 is 1.38 bits per heavy atom. The van der Waals surface area contributed by atoms with E-state index in [1.54, 1.807) is 30.4 Å². The fraction of sp³-hybridized carbons (Fsp3) is 0.389. The van der Waals surface area contributed by atoms with Crippen LogP contribution in [0.15, 0.2) is 79.4 Å². The van der Waals surface area contributed by atoms with Crippen molar-refractivity contribution >= 4 is 0 Å². The SMILES string of the molecule is C=CC1CCC(C2CCC(c3ccc(-c4ccc(-c5ccc(OC/C=C/C)c(F)c5F)cc4)cc3F)CC2)CC1. The molecule has 0 amide bonds. The van der Waals surface area contributed by atoms with E-state index in [0.717, 1.165) is 41.4 Å². The largest absolute Gasteiger partial charge is 0.486 e. The summed E-state index contributed by atoms with van der Waals surface area (Å²) in [6.07, 6.45) is 15.3. The molecule has 0 unspecified atom stereocenters. The van der Waals surface area contributed by atoms with Crippen LogP contribution in [0.25, 0.3) is 22.3 Å². The van der Waals surface area contributed by atoms with Crippen molar-refractivity contribution in [2.75, 3.05) is 6.61 Å². The lowest BCUT2D eigenvalue weighted by Crippen LogP contribution is -2.25. The maximum absolute atomic E-state index is 15.3. The van der Waals surface area contributed by atoms with Crippen molar-refractivity contribution in [1.29, 1.82) is 0 Å². The molecule has 0 aliphatic heterocycles. The Balaban J connectivity index is 1.23. The first-order valence-corrected chi connectivity index (χ1v) is 14.7. The molecule has 0 aromatic heterocycles. The molecule has 0 atom stereocenters. The predicted molar refractivity (Wildman–Crippen MR) is 158 cm³/mol. The Morgan fingerprint density at radius 1 is 0.750 bits per heavy atom. The van der Waals surface area contributed by atoms with Gasteiger partial charge in [0.05, 0.1) is 0 Å². The van der Waals surface area contributed by atoms with E-state index in [1.165, 1.54) is 50.7 Å². The van der Waals surface area contributed by atoms with E-state index in [-0.39, 0.29) is 29.7 Å². The summed E-state index contributed by atoms with van der Waals surface area (Å²) in [6, 6.07) is 15.6. The number of benzene rings is 3. The molecule has 2 fully saturated rings. The maximum Gasteiger partial charge on any atom is 0.201 e. The molecule has 0 bridgehead atoms. The summed E-state index contributed by atoms with van der Waals surface area (Å²) in [5.74, 6) is 0.363. The van der Waals surface area contributed by atoms with Crippen LogP contribution < -0.4 is 4.74 Å². The minimum atomic E-state index is -1.00. The van der Waals surface area contributed by atoms with Crippen LogP contribution in [0.5, 0.6) is 5.75 Å². The number of allylic oxidation sites excluding steroid dienone is 2. The number of ether oxygens (including phenoxy) is 1. The molecule has 4 heteroatoms. The van der Waals surface area contributed by atoms with E-state index >= 15 is 4.39 Å². The van der Waals surface area contributed by atoms with Crippen molar-refractivity contribution in [3.63, 3.8) is 0 Å². The molecule has 0 spiro atoms. The van der Waals surface area contributed by atoms with E-state index in [4.69, 9.17) is 4.74 Å². The second-order valence-corrected chi connectivity index (χ2v) is 11.5. The Bertz CT molecular complexity index is 1330. The minimum absolute atomic E-state index is 0.115. The second-order valence-electron chi connectivity index (χ2n) is 11.5. The summed E-state index contributed by atoms with van der Waals surface area (Å²) >= 11 is 0. The van der Waals surface area contributed by atoms with Crippen molar-refractivity contribution in [3.05, 3.63) is 102 Å². The van der Waals surface area contributed by atoms with E-state index in [0.29, 0.717) is 11.5 Å². The lowest BCUT2D eigenvalue weighted by molar-refractivity contribution is 0.171. The Hall–Kier alpha value is -3.27. The molecular formula is C36H39F3O. The molecule has 0 saturated heterocycles. The van der Waals surface area contributed by atoms with Crippen LogP contribution in [-0.4, -0.2) is 6.61 Å². The third-order valence-electron chi connectivity index (χ3n) is 9.18. The topological polar surface area (TPSA) is 9.23 Å². The van der Waals surface area contributed by atoms with E-state index in [2.05, 4.69) is 12.7 Å². The van der Waals surface area contributed by atoms with Gasteiger partial charge in [-0.15, -0.1) is 6.58 Å². The molecule has 1 nitrogen and oxygen atoms in total. The molecule has 210 valence electrons. The van der Waals surface area contributed by atoms with Gasteiger partial charge >= 0.3 is 0 Å². The fourth-order valence-corrected chi connectivity index (χ4v) is 6.73. The smallest absolute Gasteiger partial charge is 0.201 e. The van der Waals surface area contributed by atoms with Crippen LogP contribution in [0.3, 0.4) is 0 Å². The van der Waals surface area contributed by atoms with Gasteiger partial charge in [0, 0.05) is 5.56 Å². The predicted octanol–water partition coefficient (Wildman–Crippen LogP) is 10.7. The van der Waals surface area contributed by atoms with Crippen molar-refractivity contribution < 1.29 is 17.9 Å². The average Bonchev–Trinajstić information content (AvgIpc) is 3.00. The summed E-state index contributed by atoms with van der Waals surface area (Å²) in [5, 5.41) is 0. The molecule has 0 heterocycles. The van der Waals surface area contributed by atoms with Crippen LogP contribution in [0, 0.1) is 35.2 Å². The van der Waals surface area contributed by atoms with Gasteiger partial charge in [-0.1, -0.05) is 54.6 Å².